The molecule has 2 amide bonds. The van der Waals surface area contributed by atoms with E-state index in [0.717, 1.165) is 12.1 Å². The van der Waals surface area contributed by atoms with Crippen molar-refractivity contribution in [2.24, 2.45) is 0 Å². The fraction of sp³-hybridized carbons (Fsp3) is 0.316. The molecule has 0 unspecified atom stereocenters. The maximum atomic E-state index is 12.6. The van der Waals surface area contributed by atoms with E-state index in [1.807, 2.05) is 49.3 Å². The third-order valence-corrected chi connectivity index (χ3v) is 3.70. The summed E-state index contributed by atoms with van der Waals surface area (Å²) in [5.74, 6) is -0.421. The minimum atomic E-state index is -0.216. The van der Waals surface area contributed by atoms with Gasteiger partial charge in [-0.25, -0.2) is 0 Å². The Kier molecular flexibility index (Phi) is 6.65. The predicted octanol–water partition coefficient (Wildman–Crippen LogP) is 1.65. The molecule has 2 rings (SSSR count). The van der Waals surface area contributed by atoms with Gasteiger partial charge >= 0.3 is 0 Å². The first-order chi connectivity index (χ1) is 12.0. The molecular formula is C19H24N4O2. The Hall–Kier alpha value is -2.73. The first-order valence-electron chi connectivity index (χ1n) is 8.15. The largest absolute Gasteiger partial charge is 0.351 e. The van der Waals surface area contributed by atoms with Gasteiger partial charge in [-0.2, -0.15) is 0 Å². The van der Waals surface area contributed by atoms with Crippen LogP contribution in [0.15, 0.2) is 48.7 Å². The molecule has 0 aliphatic heterocycles. The minimum absolute atomic E-state index is 0.205. The van der Waals surface area contributed by atoms with E-state index >= 15 is 0 Å². The first-order valence-corrected chi connectivity index (χ1v) is 8.15. The van der Waals surface area contributed by atoms with Gasteiger partial charge in [-0.15, -0.1) is 0 Å². The molecule has 0 saturated heterocycles. The van der Waals surface area contributed by atoms with Gasteiger partial charge in [0, 0.05) is 38.4 Å². The molecule has 2 aromatic rings. The van der Waals surface area contributed by atoms with Crippen molar-refractivity contribution in [1.82, 2.24) is 20.1 Å². The lowest BCUT2D eigenvalue weighted by atomic mass is 10.2. The summed E-state index contributed by atoms with van der Waals surface area (Å²) in [6, 6.07) is 12.9. The van der Waals surface area contributed by atoms with Gasteiger partial charge in [0.2, 0.25) is 0 Å². The molecule has 0 bridgehead atoms. The quantitative estimate of drug-likeness (QED) is 0.832. The van der Waals surface area contributed by atoms with Crippen LogP contribution in [0.4, 0.5) is 0 Å². The summed E-state index contributed by atoms with van der Waals surface area (Å²) >= 11 is 0. The number of hydrogen-bond donors (Lipinski definition) is 1. The van der Waals surface area contributed by atoms with E-state index in [0.29, 0.717) is 18.7 Å². The number of aromatic nitrogens is 1. The molecule has 1 aromatic carbocycles. The summed E-state index contributed by atoms with van der Waals surface area (Å²) in [7, 11) is 5.61. The van der Waals surface area contributed by atoms with Gasteiger partial charge in [-0.3, -0.25) is 14.6 Å². The maximum Gasteiger partial charge on any atom is 0.272 e. The number of carbonyl (C=O) groups is 2. The zero-order valence-corrected chi connectivity index (χ0v) is 14.9. The number of nitrogens with one attached hydrogen (secondary N) is 1. The smallest absolute Gasteiger partial charge is 0.272 e. The van der Waals surface area contributed by atoms with E-state index in [4.69, 9.17) is 0 Å². The molecule has 6 nitrogen and oxygen atoms in total. The number of nitrogens with zero attached hydrogens (tertiary/aromatic N) is 3. The van der Waals surface area contributed by atoms with Gasteiger partial charge < -0.3 is 15.1 Å². The van der Waals surface area contributed by atoms with Crippen molar-refractivity contribution in [2.75, 3.05) is 34.2 Å². The van der Waals surface area contributed by atoms with Crippen LogP contribution in [-0.2, 0) is 6.54 Å². The summed E-state index contributed by atoms with van der Waals surface area (Å²) in [5.41, 5.74) is 1.74. The molecule has 0 spiro atoms. The molecule has 1 N–H and O–H groups in total. The average molecular weight is 340 g/mol. The second kappa shape index (κ2) is 8.94. The van der Waals surface area contributed by atoms with Gasteiger partial charge in [0.25, 0.3) is 11.8 Å². The summed E-state index contributed by atoms with van der Waals surface area (Å²) < 4.78 is 0. The van der Waals surface area contributed by atoms with Crippen LogP contribution in [0.1, 0.15) is 26.4 Å². The minimum Gasteiger partial charge on any atom is -0.351 e. The average Bonchev–Trinajstić information content (AvgIpc) is 2.61. The molecule has 1 heterocycles. The summed E-state index contributed by atoms with van der Waals surface area (Å²) in [4.78, 5) is 32.4. The van der Waals surface area contributed by atoms with Crippen LogP contribution in [0.2, 0.25) is 0 Å². The lowest BCUT2D eigenvalue weighted by molar-refractivity contribution is 0.0779. The maximum absolute atomic E-state index is 12.6. The lowest BCUT2D eigenvalue weighted by Gasteiger charge is -2.17. The van der Waals surface area contributed by atoms with Gasteiger partial charge in [0.1, 0.15) is 5.69 Å². The van der Waals surface area contributed by atoms with E-state index in [-0.39, 0.29) is 17.5 Å². The Morgan fingerprint density at radius 2 is 1.80 bits per heavy atom. The van der Waals surface area contributed by atoms with Crippen molar-refractivity contribution in [3.63, 3.8) is 0 Å². The van der Waals surface area contributed by atoms with Crippen molar-refractivity contribution in [2.45, 2.75) is 6.54 Å². The predicted molar refractivity (Wildman–Crippen MR) is 97.4 cm³/mol. The highest BCUT2D eigenvalue weighted by Gasteiger charge is 2.15. The van der Waals surface area contributed by atoms with E-state index < -0.39 is 0 Å². The molecular weight excluding hydrogens is 316 g/mol. The van der Waals surface area contributed by atoms with Crippen molar-refractivity contribution >= 4 is 11.8 Å². The highest BCUT2D eigenvalue weighted by atomic mass is 16.2. The van der Waals surface area contributed by atoms with Crippen LogP contribution < -0.4 is 5.32 Å². The number of rotatable bonds is 7. The van der Waals surface area contributed by atoms with Crippen LogP contribution >= 0.6 is 0 Å². The summed E-state index contributed by atoms with van der Waals surface area (Å²) in [6.45, 7) is 1.79. The Labute approximate surface area is 148 Å². The van der Waals surface area contributed by atoms with Crippen LogP contribution in [0.3, 0.4) is 0 Å². The van der Waals surface area contributed by atoms with E-state index in [9.17, 15) is 9.59 Å². The number of amides is 2. The molecule has 0 atom stereocenters. The molecule has 0 radical (unpaired) electrons. The zero-order valence-electron chi connectivity index (χ0n) is 14.9. The molecule has 0 aliphatic rings. The van der Waals surface area contributed by atoms with Gasteiger partial charge in [-0.05, 0) is 31.8 Å². The second-order valence-corrected chi connectivity index (χ2v) is 6.14. The molecule has 0 fully saturated rings. The number of pyridine rings is 1. The highest BCUT2D eigenvalue weighted by Crippen LogP contribution is 2.08. The monoisotopic (exact) mass is 340 g/mol. The second-order valence-electron chi connectivity index (χ2n) is 6.14. The third kappa shape index (κ3) is 5.69. The Morgan fingerprint density at radius 3 is 2.48 bits per heavy atom. The van der Waals surface area contributed by atoms with Crippen LogP contribution in [0.25, 0.3) is 0 Å². The molecule has 6 heteroatoms. The summed E-state index contributed by atoms with van der Waals surface area (Å²) in [6.07, 6.45) is 1.49. The fourth-order valence-corrected chi connectivity index (χ4v) is 2.31. The number of carbonyl (C=O) groups excluding carboxylic acids is 2. The Balaban J connectivity index is 2.01. The van der Waals surface area contributed by atoms with E-state index in [2.05, 4.69) is 10.3 Å². The Morgan fingerprint density at radius 1 is 1.08 bits per heavy atom. The van der Waals surface area contributed by atoms with Crippen molar-refractivity contribution < 1.29 is 9.59 Å². The van der Waals surface area contributed by atoms with Gasteiger partial charge in [-0.1, -0.05) is 30.3 Å². The van der Waals surface area contributed by atoms with E-state index in [1.165, 1.54) is 12.3 Å². The number of likely N-dealkylation sites (N-methyl/N-ethyl adjacent to an activating group) is 1. The van der Waals surface area contributed by atoms with Crippen LogP contribution in [0.5, 0.6) is 0 Å². The standard InChI is InChI=1S/C19H24N4O2/c1-22(2)12-11-21-18(24)16-9-10-20-17(13-16)19(25)23(3)14-15-7-5-4-6-8-15/h4-10,13H,11-12,14H2,1-3H3,(H,21,24). The molecule has 0 saturated carbocycles. The normalized spacial score (nSPS) is 10.6. The highest BCUT2D eigenvalue weighted by molar-refractivity contribution is 5.98. The molecule has 1 aromatic heterocycles. The molecule has 132 valence electrons. The zero-order chi connectivity index (χ0) is 18.2. The first kappa shape index (κ1) is 18.6. The summed E-state index contributed by atoms with van der Waals surface area (Å²) in [5, 5.41) is 2.83. The van der Waals surface area contributed by atoms with Gasteiger partial charge in [0.15, 0.2) is 0 Å². The van der Waals surface area contributed by atoms with E-state index in [1.54, 1.807) is 18.0 Å². The SMILES string of the molecule is CN(C)CCNC(=O)c1ccnc(C(=O)N(C)Cc2ccccc2)c1. The van der Waals surface area contributed by atoms with Crippen LogP contribution in [-0.4, -0.2) is 60.8 Å². The van der Waals surface area contributed by atoms with Crippen LogP contribution in [0, 0.1) is 0 Å². The molecule has 0 aliphatic carbocycles. The van der Waals surface area contributed by atoms with Crippen molar-refractivity contribution in [1.29, 1.82) is 0 Å². The molecule has 25 heavy (non-hydrogen) atoms. The van der Waals surface area contributed by atoms with Crippen molar-refractivity contribution in [3.8, 4) is 0 Å². The van der Waals surface area contributed by atoms with Crippen molar-refractivity contribution in [3.05, 3.63) is 65.5 Å². The van der Waals surface area contributed by atoms with Gasteiger partial charge in [0.05, 0.1) is 0 Å². The topological polar surface area (TPSA) is 65.5 Å². The number of benzene rings is 1. The third-order valence-electron chi connectivity index (χ3n) is 3.70. The lowest BCUT2D eigenvalue weighted by Crippen LogP contribution is -2.32. The Bertz CT molecular complexity index is 716. The fourth-order valence-electron chi connectivity index (χ4n) is 2.31. The number of hydrogen-bond acceptors (Lipinski definition) is 4.